The van der Waals surface area contributed by atoms with Crippen LogP contribution in [0.5, 0.6) is 0 Å². The first-order valence-electron chi connectivity index (χ1n) is 8.90. The Bertz CT molecular complexity index is 856. The summed E-state index contributed by atoms with van der Waals surface area (Å²) in [5.74, 6) is 1.42. The highest BCUT2D eigenvalue weighted by Gasteiger charge is 2.17. The van der Waals surface area contributed by atoms with E-state index >= 15 is 0 Å². The van der Waals surface area contributed by atoms with Crippen LogP contribution in [0.3, 0.4) is 0 Å². The molecular formula is C18H23N5O3S. The Labute approximate surface area is 161 Å². The first kappa shape index (κ1) is 19.2. The van der Waals surface area contributed by atoms with Gasteiger partial charge in [0.1, 0.15) is 0 Å². The molecule has 0 spiro atoms. The van der Waals surface area contributed by atoms with E-state index in [9.17, 15) is 4.79 Å². The van der Waals surface area contributed by atoms with Gasteiger partial charge in [-0.1, -0.05) is 32.0 Å². The fourth-order valence-corrected chi connectivity index (χ4v) is 3.18. The average Bonchev–Trinajstić information content (AvgIpc) is 3.36. The number of nitrogens with one attached hydrogen (secondary N) is 1. The van der Waals surface area contributed by atoms with E-state index in [1.165, 1.54) is 0 Å². The zero-order valence-corrected chi connectivity index (χ0v) is 16.5. The van der Waals surface area contributed by atoms with Crippen molar-refractivity contribution in [2.45, 2.75) is 39.7 Å². The van der Waals surface area contributed by atoms with Crippen molar-refractivity contribution in [1.29, 1.82) is 0 Å². The van der Waals surface area contributed by atoms with Crippen LogP contribution < -0.4 is 5.32 Å². The summed E-state index contributed by atoms with van der Waals surface area (Å²) in [4.78, 5) is 15.2. The second kappa shape index (κ2) is 8.92. The number of carbonyl (C=O) groups excluding carboxylic acids is 1. The summed E-state index contributed by atoms with van der Waals surface area (Å²) < 4.78 is 10.9. The third kappa shape index (κ3) is 5.24. The summed E-state index contributed by atoms with van der Waals surface area (Å²) in [6, 6.07) is 5.62. The van der Waals surface area contributed by atoms with Crippen LogP contribution in [0, 0.1) is 0 Å². The summed E-state index contributed by atoms with van der Waals surface area (Å²) in [7, 11) is 0. The Kier molecular flexibility index (Phi) is 6.36. The third-order valence-corrected chi connectivity index (χ3v) is 4.71. The van der Waals surface area contributed by atoms with Crippen LogP contribution in [0.15, 0.2) is 32.5 Å². The van der Waals surface area contributed by atoms with Crippen molar-refractivity contribution in [3.8, 4) is 10.8 Å². The van der Waals surface area contributed by atoms with Crippen LogP contribution in [0.25, 0.3) is 10.8 Å². The Hall–Kier alpha value is -2.52. The van der Waals surface area contributed by atoms with Crippen molar-refractivity contribution < 1.29 is 13.7 Å². The topological polar surface area (TPSA) is 97.3 Å². The highest BCUT2D eigenvalue weighted by molar-refractivity contribution is 7.13. The molecule has 9 heteroatoms. The quantitative estimate of drug-likeness (QED) is 0.595. The number of nitrogens with zero attached hydrogens (tertiary/aromatic N) is 4. The standard InChI is InChI=1S/C18H23N5O3S/c1-4-7-23(10-15(24)19-16-9-13(12(2)3)22-26-16)11-17-20-21-18(25-17)14-6-5-8-27-14/h5-6,8-9,12H,4,7,10-11H2,1-3H3,(H,19,24). The molecule has 0 unspecified atom stereocenters. The molecule has 0 bridgehead atoms. The molecule has 3 aromatic rings. The minimum Gasteiger partial charge on any atom is -0.419 e. The van der Waals surface area contributed by atoms with Crippen molar-refractivity contribution in [3.63, 3.8) is 0 Å². The lowest BCUT2D eigenvalue weighted by Crippen LogP contribution is -2.33. The van der Waals surface area contributed by atoms with E-state index < -0.39 is 0 Å². The van der Waals surface area contributed by atoms with E-state index in [1.807, 2.05) is 36.3 Å². The highest BCUT2D eigenvalue weighted by atomic mass is 32.1. The lowest BCUT2D eigenvalue weighted by atomic mass is 10.1. The van der Waals surface area contributed by atoms with Gasteiger partial charge < -0.3 is 8.94 Å². The van der Waals surface area contributed by atoms with Crippen LogP contribution in [-0.4, -0.2) is 39.3 Å². The molecule has 0 saturated carbocycles. The van der Waals surface area contributed by atoms with Crippen molar-refractivity contribution in [2.75, 3.05) is 18.4 Å². The van der Waals surface area contributed by atoms with Gasteiger partial charge in [0.15, 0.2) is 0 Å². The molecule has 0 fully saturated rings. The van der Waals surface area contributed by atoms with Crippen LogP contribution in [0.4, 0.5) is 5.88 Å². The maximum absolute atomic E-state index is 12.4. The fourth-order valence-electron chi connectivity index (χ4n) is 2.54. The SMILES string of the molecule is CCCN(CC(=O)Nc1cc(C(C)C)no1)Cc1nnc(-c2cccs2)o1. The summed E-state index contributed by atoms with van der Waals surface area (Å²) in [6.45, 7) is 7.43. The first-order chi connectivity index (χ1) is 13.0. The molecule has 0 aliphatic rings. The zero-order chi connectivity index (χ0) is 19.2. The van der Waals surface area contributed by atoms with Crippen molar-refractivity contribution in [3.05, 3.63) is 35.2 Å². The minimum absolute atomic E-state index is 0.173. The fraction of sp³-hybridized carbons (Fsp3) is 0.444. The van der Waals surface area contributed by atoms with E-state index in [2.05, 4.69) is 27.6 Å². The molecule has 1 amide bonds. The molecular weight excluding hydrogens is 366 g/mol. The van der Waals surface area contributed by atoms with Gasteiger partial charge in [0.05, 0.1) is 23.7 Å². The lowest BCUT2D eigenvalue weighted by molar-refractivity contribution is -0.117. The van der Waals surface area contributed by atoms with Gasteiger partial charge in [0.25, 0.3) is 5.89 Å². The van der Waals surface area contributed by atoms with Crippen molar-refractivity contribution >= 4 is 23.1 Å². The average molecular weight is 389 g/mol. The number of hydrogen-bond donors (Lipinski definition) is 1. The molecule has 8 nitrogen and oxygen atoms in total. The predicted molar refractivity (Wildman–Crippen MR) is 102 cm³/mol. The molecule has 3 rings (SSSR count). The Balaban J connectivity index is 1.58. The molecule has 0 aromatic carbocycles. The van der Waals surface area contributed by atoms with Gasteiger partial charge in [-0.3, -0.25) is 15.0 Å². The number of rotatable bonds is 9. The number of amides is 1. The van der Waals surface area contributed by atoms with Crippen molar-refractivity contribution in [1.82, 2.24) is 20.3 Å². The number of carbonyl (C=O) groups is 1. The second-order valence-corrected chi connectivity index (χ2v) is 7.46. The van der Waals surface area contributed by atoms with Crippen LogP contribution in [-0.2, 0) is 11.3 Å². The van der Waals surface area contributed by atoms with E-state index in [0.29, 0.717) is 24.2 Å². The summed E-state index contributed by atoms with van der Waals surface area (Å²) in [6.07, 6.45) is 0.902. The van der Waals surface area contributed by atoms with Crippen LogP contribution in [0.1, 0.15) is 44.7 Å². The number of thiophene rings is 1. The molecule has 0 saturated heterocycles. The smallest absolute Gasteiger partial charge is 0.257 e. The highest BCUT2D eigenvalue weighted by Crippen LogP contribution is 2.23. The van der Waals surface area contributed by atoms with Gasteiger partial charge >= 0.3 is 0 Å². The third-order valence-electron chi connectivity index (χ3n) is 3.85. The molecule has 27 heavy (non-hydrogen) atoms. The normalized spacial score (nSPS) is 11.4. The molecule has 0 aliphatic carbocycles. The summed E-state index contributed by atoms with van der Waals surface area (Å²) in [5, 5.41) is 16.8. The maximum Gasteiger partial charge on any atom is 0.257 e. The van der Waals surface area contributed by atoms with Gasteiger partial charge in [-0.2, -0.15) is 0 Å². The second-order valence-electron chi connectivity index (χ2n) is 6.51. The van der Waals surface area contributed by atoms with E-state index in [4.69, 9.17) is 8.94 Å². The van der Waals surface area contributed by atoms with E-state index in [0.717, 1.165) is 23.5 Å². The van der Waals surface area contributed by atoms with Gasteiger partial charge in [-0.15, -0.1) is 21.5 Å². The van der Waals surface area contributed by atoms with Crippen molar-refractivity contribution in [2.24, 2.45) is 0 Å². The zero-order valence-electron chi connectivity index (χ0n) is 15.6. The summed E-state index contributed by atoms with van der Waals surface area (Å²) >= 11 is 1.54. The van der Waals surface area contributed by atoms with Gasteiger partial charge in [0.2, 0.25) is 17.7 Å². The maximum atomic E-state index is 12.4. The molecule has 3 aromatic heterocycles. The first-order valence-corrected chi connectivity index (χ1v) is 9.78. The Morgan fingerprint density at radius 3 is 2.89 bits per heavy atom. The van der Waals surface area contributed by atoms with Crippen LogP contribution >= 0.6 is 11.3 Å². The largest absolute Gasteiger partial charge is 0.419 e. The predicted octanol–water partition coefficient (Wildman–Crippen LogP) is 3.76. The van der Waals surface area contributed by atoms with E-state index in [-0.39, 0.29) is 18.4 Å². The Morgan fingerprint density at radius 1 is 1.37 bits per heavy atom. The molecule has 1 N–H and O–H groups in total. The van der Waals surface area contributed by atoms with Gasteiger partial charge in [0, 0.05) is 6.07 Å². The molecule has 3 heterocycles. The molecule has 144 valence electrons. The number of anilines is 1. The molecule has 0 radical (unpaired) electrons. The molecule has 0 atom stereocenters. The molecule has 0 aliphatic heterocycles. The lowest BCUT2D eigenvalue weighted by Gasteiger charge is -2.18. The van der Waals surface area contributed by atoms with Gasteiger partial charge in [-0.05, 0) is 30.3 Å². The monoisotopic (exact) mass is 389 g/mol. The van der Waals surface area contributed by atoms with Gasteiger partial charge in [-0.25, -0.2) is 0 Å². The van der Waals surface area contributed by atoms with Crippen LogP contribution in [0.2, 0.25) is 0 Å². The number of hydrogen-bond acceptors (Lipinski definition) is 8. The van der Waals surface area contributed by atoms with E-state index in [1.54, 1.807) is 17.4 Å². The Morgan fingerprint density at radius 2 is 2.22 bits per heavy atom. The minimum atomic E-state index is -0.173. The number of aromatic nitrogens is 3. The summed E-state index contributed by atoms with van der Waals surface area (Å²) in [5.41, 5.74) is 0.808.